The molecule has 6 heteroatoms. The molecule has 0 unspecified atom stereocenters. The van der Waals surface area contributed by atoms with Crippen LogP contribution in [0.4, 0.5) is 0 Å². The van der Waals surface area contributed by atoms with Gasteiger partial charge in [-0.05, 0) is 62.1 Å². The van der Waals surface area contributed by atoms with Crippen molar-refractivity contribution in [1.29, 1.82) is 0 Å². The molecule has 0 bridgehead atoms. The van der Waals surface area contributed by atoms with Crippen molar-refractivity contribution < 1.29 is 14.3 Å². The molecule has 1 heterocycles. The molecule has 0 spiro atoms. The van der Waals surface area contributed by atoms with E-state index in [2.05, 4.69) is 22.0 Å². The molecule has 1 fully saturated rings. The summed E-state index contributed by atoms with van der Waals surface area (Å²) in [6.07, 6.45) is 4.71. The second kappa shape index (κ2) is 9.65. The van der Waals surface area contributed by atoms with Crippen LogP contribution in [0.3, 0.4) is 0 Å². The van der Waals surface area contributed by atoms with Crippen molar-refractivity contribution in [2.24, 2.45) is 5.92 Å². The third-order valence-electron chi connectivity index (χ3n) is 5.41. The molecule has 1 saturated carbocycles. The molecule has 3 aromatic rings. The molecule has 30 heavy (non-hydrogen) atoms. The first-order valence-electron chi connectivity index (χ1n) is 10.7. The lowest BCUT2D eigenvalue weighted by molar-refractivity contribution is -0.122. The van der Waals surface area contributed by atoms with Crippen LogP contribution in [0, 0.1) is 5.92 Å². The van der Waals surface area contributed by atoms with E-state index in [0.29, 0.717) is 13.2 Å². The van der Waals surface area contributed by atoms with E-state index in [1.807, 2.05) is 36.4 Å². The molecule has 0 radical (unpaired) electrons. The molecule has 1 aromatic heterocycles. The summed E-state index contributed by atoms with van der Waals surface area (Å²) in [7, 11) is 1.66. The van der Waals surface area contributed by atoms with Gasteiger partial charge in [0.05, 0.1) is 24.8 Å². The first kappa shape index (κ1) is 20.3. The highest BCUT2D eigenvalue weighted by molar-refractivity contribution is 5.80. The highest BCUT2D eigenvalue weighted by Gasteiger charge is 2.29. The predicted molar refractivity (Wildman–Crippen MR) is 117 cm³/mol. The average molecular weight is 408 g/mol. The number of aryl methyl sites for hydroxylation is 2. The number of carbonyl (C=O) groups excluding carboxylic acids is 1. The second-order valence-electron chi connectivity index (χ2n) is 7.71. The van der Waals surface area contributed by atoms with Gasteiger partial charge in [-0.2, -0.15) is 0 Å². The summed E-state index contributed by atoms with van der Waals surface area (Å²) in [5, 5.41) is 3.04. The minimum absolute atomic E-state index is 0.208. The van der Waals surface area contributed by atoms with Gasteiger partial charge in [0.25, 0.3) is 0 Å². The Labute approximate surface area is 177 Å². The van der Waals surface area contributed by atoms with E-state index in [0.717, 1.165) is 67.0 Å². The van der Waals surface area contributed by atoms with Crippen LogP contribution in [0.25, 0.3) is 11.0 Å². The third-order valence-corrected chi connectivity index (χ3v) is 5.41. The number of imidazole rings is 1. The Bertz CT molecular complexity index is 977. The number of ether oxygens (including phenoxy) is 2. The Morgan fingerprint density at radius 3 is 2.63 bits per heavy atom. The lowest BCUT2D eigenvalue weighted by Crippen LogP contribution is -2.26. The fraction of sp³-hybridized carbons (Fsp3) is 0.417. The number of carbonyl (C=O) groups is 1. The van der Waals surface area contributed by atoms with Crippen LogP contribution < -0.4 is 14.8 Å². The fourth-order valence-corrected chi connectivity index (χ4v) is 3.60. The molecule has 6 nitrogen and oxygen atoms in total. The molecule has 1 N–H and O–H groups in total. The van der Waals surface area contributed by atoms with E-state index in [-0.39, 0.29) is 11.8 Å². The van der Waals surface area contributed by atoms with Gasteiger partial charge in [0.2, 0.25) is 5.91 Å². The Hall–Kier alpha value is -3.02. The summed E-state index contributed by atoms with van der Waals surface area (Å²) in [4.78, 5) is 16.6. The summed E-state index contributed by atoms with van der Waals surface area (Å²) in [6.45, 7) is 2.19. The maximum atomic E-state index is 11.8. The smallest absolute Gasteiger partial charge is 0.223 e. The maximum absolute atomic E-state index is 11.8. The molecule has 1 aliphatic rings. The summed E-state index contributed by atoms with van der Waals surface area (Å²) in [6, 6.07) is 15.9. The predicted octanol–water partition coefficient (Wildman–Crippen LogP) is 3.97. The summed E-state index contributed by atoms with van der Waals surface area (Å²) < 4.78 is 13.3. The van der Waals surface area contributed by atoms with Crippen LogP contribution in [0.15, 0.2) is 48.5 Å². The van der Waals surface area contributed by atoms with Crippen LogP contribution in [-0.4, -0.2) is 35.7 Å². The van der Waals surface area contributed by atoms with Crippen molar-refractivity contribution in [3.05, 3.63) is 54.4 Å². The first-order valence-corrected chi connectivity index (χ1v) is 10.7. The zero-order valence-electron chi connectivity index (χ0n) is 17.5. The molecule has 0 aliphatic heterocycles. The molecule has 0 atom stereocenters. The number of rotatable bonds is 11. The van der Waals surface area contributed by atoms with E-state index < -0.39 is 0 Å². The number of para-hydroxylation sites is 2. The summed E-state index contributed by atoms with van der Waals surface area (Å²) >= 11 is 0. The first-order chi connectivity index (χ1) is 14.7. The van der Waals surface area contributed by atoms with Gasteiger partial charge in [0.1, 0.15) is 17.3 Å². The van der Waals surface area contributed by atoms with Crippen molar-refractivity contribution >= 4 is 16.9 Å². The van der Waals surface area contributed by atoms with E-state index >= 15 is 0 Å². The van der Waals surface area contributed by atoms with Gasteiger partial charge in [-0.15, -0.1) is 0 Å². The van der Waals surface area contributed by atoms with Crippen LogP contribution in [0.5, 0.6) is 11.5 Å². The van der Waals surface area contributed by atoms with Gasteiger partial charge in [-0.25, -0.2) is 4.98 Å². The van der Waals surface area contributed by atoms with Gasteiger partial charge >= 0.3 is 0 Å². The number of fused-ring (bicyclic) bond motifs is 1. The highest BCUT2D eigenvalue weighted by Crippen LogP contribution is 2.28. The summed E-state index contributed by atoms with van der Waals surface area (Å²) in [5.74, 6) is 3.21. The number of nitrogens with one attached hydrogen (secondary N) is 1. The minimum Gasteiger partial charge on any atom is -0.497 e. The van der Waals surface area contributed by atoms with Crippen molar-refractivity contribution in [3.63, 3.8) is 0 Å². The number of amides is 1. The highest BCUT2D eigenvalue weighted by atomic mass is 16.5. The Balaban J connectivity index is 1.31. The monoisotopic (exact) mass is 407 g/mol. The molecule has 158 valence electrons. The number of hydrogen-bond donors (Lipinski definition) is 1. The van der Waals surface area contributed by atoms with Gasteiger partial charge in [-0.1, -0.05) is 12.1 Å². The molecule has 4 rings (SSSR count). The van der Waals surface area contributed by atoms with E-state index in [1.54, 1.807) is 7.11 Å². The average Bonchev–Trinajstić information content (AvgIpc) is 3.57. The van der Waals surface area contributed by atoms with Crippen molar-refractivity contribution in [1.82, 2.24) is 14.9 Å². The maximum Gasteiger partial charge on any atom is 0.223 e. The lowest BCUT2D eigenvalue weighted by atomic mass is 10.2. The fourth-order valence-electron chi connectivity index (χ4n) is 3.60. The minimum atomic E-state index is 0.208. The lowest BCUT2D eigenvalue weighted by Gasteiger charge is -2.11. The van der Waals surface area contributed by atoms with E-state index in [1.165, 1.54) is 0 Å². The van der Waals surface area contributed by atoms with Crippen LogP contribution in [0.1, 0.15) is 31.5 Å². The number of aromatic nitrogens is 2. The molecular formula is C24H29N3O3. The zero-order valence-corrected chi connectivity index (χ0v) is 17.5. The van der Waals surface area contributed by atoms with Gasteiger partial charge < -0.3 is 19.4 Å². The van der Waals surface area contributed by atoms with Crippen LogP contribution in [-0.2, 0) is 17.8 Å². The van der Waals surface area contributed by atoms with E-state index in [4.69, 9.17) is 14.5 Å². The van der Waals surface area contributed by atoms with Crippen molar-refractivity contribution in [2.75, 3.05) is 20.3 Å². The van der Waals surface area contributed by atoms with E-state index in [9.17, 15) is 4.79 Å². The SMILES string of the molecule is COc1ccc(OCCCn2c(CCCNC(=O)C3CC3)nc3ccccc32)cc1. The Morgan fingerprint density at radius 1 is 1.10 bits per heavy atom. The third kappa shape index (κ3) is 5.12. The normalized spacial score (nSPS) is 13.4. The topological polar surface area (TPSA) is 65.4 Å². The van der Waals surface area contributed by atoms with Crippen molar-refractivity contribution in [3.8, 4) is 11.5 Å². The van der Waals surface area contributed by atoms with Gasteiger partial charge in [0, 0.05) is 25.4 Å². The molecule has 2 aromatic carbocycles. The van der Waals surface area contributed by atoms with Crippen LogP contribution >= 0.6 is 0 Å². The van der Waals surface area contributed by atoms with Crippen LogP contribution in [0.2, 0.25) is 0 Å². The number of hydrogen-bond acceptors (Lipinski definition) is 4. The van der Waals surface area contributed by atoms with Crippen molar-refractivity contribution in [2.45, 2.75) is 38.6 Å². The molecule has 0 saturated heterocycles. The molecule has 1 amide bonds. The second-order valence-corrected chi connectivity index (χ2v) is 7.71. The Morgan fingerprint density at radius 2 is 1.87 bits per heavy atom. The zero-order chi connectivity index (χ0) is 20.8. The number of benzene rings is 2. The quantitative estimate of drug-likeness (QED) is 0.489. The molecule has 1 aliphatic carbocycles. The number of nitrogens with zero attached hydrogens (tertiary/aromatic N) is 2. The Kier molecular flexibility index (Phi) is 6.52. The van der Waals surface area contributed by atoms with Gasteiger partial charge in [0.15, 0.2) is 0 Å². The number of methoxy groups -OCH3 is 1. The summed E-state index contributed by atoms with van der Waals surface area (Å²) in [5.41, 5.74) is 2.17. The molecular weight excluding hydrogens is 378 g/mol. The standard InChI is InChI=1S/C24H29N3O3/c1-29-19-11-13-20(14-12-19)30-17-5-16-27-22-7-3-2-6-21(22)26-23(27)8-4-15-25-24(28)18-9-10-18/h2-3,6-7,11-14,18H,4-5,8-10,15-17H2,1H3,(H,25,28). The van der Waals surface area contributed by atoms with Gasteiger partial charge in [-0.3, -0.25) is 4.79 Å². The largest absolute Gasteiger partial charge is 0.497 e.